The van der Waals surface area contributed by atoms with Crippen molar-refractivity contribution < 1.29 is 13.9 Å². The van der Waals surface area contributed by atoms with E-state index in [-0.39, 0.29) is 0 Å². The lowest BCUT2D eigenvalue weighted by atomic mass is 9.91. The predicted octanol–water partition coefficient (Wildman–Crippen LogP) is 4.42. The fourth-order valence-electron chi connectivity index (χ4n) is 3.00. The molecule has 0 aromatic carbocycles. The molecule has 3 nitrogen and oxygen atoms in total. The van der Waals surface area contributed by atoms with Crippen molar-refractivity contribution in [2.75, 3.05) is 6.61 Å². The number of hydrogen-bond acceptors (Lipinski definition) is 3. The minimum absolute atomic E-state index is 0.400. The topological polar surface area (TPSA) is 39.4 Å². The highest BCUT2D eigenvalue weighted by Gasteiger charge is 2.28. The third kappa shape index (κ3) is 3.36. The van der Waals surface area contributed by atoms with Crippen LogP contribution in [0.2, 0.25) is 0 Å². The molecule has 0 bridgehead atoms. The minimum Gasteiger partial charge on any atom is -0.463 e. The molecule has 0 radical (unpaired) electrons. The van der Waals surface area contributed by atoms with Crippen LogP contribution in [0.5, 0.6) is 0 Å². The molecule has 0 spiro atoms. The lowest BCUT2D eigenvalue weighted by Crippen LogP contribution is -2.05. The zero-order valence-electron chi connectivity index (χ0n) is 12.7. The molecule has 2 aliphatic rings. The van der Waals surface area contributed by atoms with Gasteiger partial charge in [0, 0.05) is 29.7 Å². The van der Waals surface area contributed by atoms with Gasteiger partial charge in [-0.3, -0.25) is 4.79 Å². The Bertz CT molecular complexity index is 608. The van der Waals surface area contributed by atoms with E-state index in [1.54, 1.807) is 12.2 Å². The van der Waals surface area contributed by atoms with E-state index >= 15 is 0 Å². The van der Waals surface area contributed by atoms with Gasteiger partial charge in [-0.25, -0.2) is 0 Å². The summed E-state index contributed by atoms with van der Waals surface area (Å²) in [7, 11) is 0. The minimum atomic E-state index is -0.475. The molecule has 0 N–H and O–H groups in total. The molecule has 22 heavy (non-hydrogen) atoms. The molecule has 0 unspecified atom stereocenters. The van der Waals surface area contributed by atoms with Gasteiger partial charge in [0.05, 0.1) is 0 Å². The predicted molar refractivity (Wildman–Crippen MR) is 86.8 cm³/mol. The Hall–Kier alpha value is -1.32. The van der Waals surface area contributed by atoms with Gasteiger partial charge in [0.2, 0.25) is 0 Å². The molecule has 1 heterocycles. The van der Waals surface area contributed by atoms with E-state index in [0.29, 0.717) is 18.1 Å². The molecule has 0 aliphatic heterocycles. The van der Waals surface area contributed by atoms with Gasteiger partial charge in [0.15, 0.2) is 0 Å². The van der Waals surface area contributed by atoms with Crippen molar-refractivity contribution in [3.05, 3.63) is 41.4 Å². The Morgan fingerprint density at radius 1 is 1.36 bits per heavy atom. The lowest BCUT2D eigenvalue weighted by Gasteiger charge is -2.11. The molecule has 0 atom stereocenters. The molecule has 0 saturated heterocycles. The molecule has 1 saturated carbocycles. The summed E-state index contributed by atoms with van der Waals surface area (Å²) in [6.07, 6.45) is 9.84. The molecule has 3 rings (SSSR count). The van der Waals surface area contributed by atoms with E-state index < -0.39 is 5.24 Å². The van der Waals surface area contributed by atoms with E-state index in [1.807, 2.05) is 0 Å². The Kier molecular flexibility index (Phi) is 4.84. The van der Waals surface area contributed by atoms with E-state index in [0.717, 1.165) is 54.9 Å². The van der Waals surface area contributed by atoms with Gasteiger partial charge in [-0.15, -0.1) is 0 Å². The normalized spacial score (nSPS) is 18.1. The van der Waals surface area contributed by atoms with Crippen LogP contribution in [0.25, 0.3) is 5.57 Å². The van der Waals surface area contributed by atoms with Crippen LogP contribution in [0, 0.1) is 5.92 Å². The number of fused-ring (bicyclic) bond motifs is 1. The fraction of sp³-hybridized carbons (Fsp3) is 0.500. The summed E-state index contributed by atoms with van der Waals surface area (Å²) in [5.74, 6) is 2.42. The van der Waals surface area contributed by atoms with Crippen LogP contribution < -0.4 is 0 Å². The summed E-state index contributed by atoms with van der Waals surface area (Å²) in [6.45, 7) is 4.84. The zero-order valence-corrected chi connectivity index (χ0v) is 13.5. The van der Waals surface area contributed by atoms with Crippen LogP contribution in [0.3, 0.4) is 0 Å². The largest absolute Gasteiger partial charge is 0.463 e. The Morgan fingerprint density at radius 3 is 2.82 bits per heavy atom. The fourth-order valence-corrected chi connectivity index (χ4v) is 3.16. The smallest absolute Gasteiger partial charge is 0.253 e. The van der Waals surface area contributed by atoms with Crippen LogP contribution in [0.4, 0.5) is 0 Å². The van der Waals surface area contributed by atoms with Crippen LogP contribution >= 0.6 is 11.6 Å². The maximum Gasteiger partial charge on any atom is 0.253 e. The number of hydrogen-bond donors (Lipinski definition) is 0. The number of carbonyl (C=O) groups is 1. The highest BCUT2D eigenvalue weighted by Crippen LogP contribution is 2.36. The second-order valence-corrected chi connectivity index (χ2v) is 6.40. The third-order valence-corrected chi connectivity index (χ3v) is 4.50. The summed E-state index contributed by atoms with van der Waals surface area (Å²) in [6, 6.07) is 0. The van der Waals surface area contributed by atoms with Gasteiger partial charge in [-0.2, -0.15) is 0 Å². The van der Waals surface area contributed by atoms with Crippen molar-refractivity contribution in [2.45, 2.75) is 45.1 Å². The first kappa shape index (κ1) is 15.6. The number of halogens is 1. The second kappa shape index (κ2) is 6.84. The van der Waals surface area contributed by atoms with Gasteiger partial charge in [0.1, 0.15) is 18.1 Å². The van der Waals surface area contributed by atoms with Gasteiger partial charge >= 0.3 is 0 Å². The number of aryl methyl sites for hydroxylation is 1. The highest BCUT2D eigenvalue weighted by molar-refractivity contribution is 6.74. The Labute approximate surface area is 136 Å². The molecule has 1 aromatic heterocycles. The van der Waals surface area contributed by atoms with E-state index in [4.69, 9.17) is 20.8 Å². The SMILES string of the molecule is C=C/C=C(/C(=O)Cl)c1c(COCC2CC2)oc2c1CCCC2. The standard InChI is InChI=1S/C18H21ClO3/c1-2-5-14(18(19)20)17-13-6-3-4-7-15(13)22-16(17)11-21-10-12-8-9-12/h2,5,12H,1,3-4,6-11H2/b14-5+. The molecule has 1 aromatic rings. The number of allylic oxidation sites excluding steroid dienone is 3. The second-order valence-electron chi connectivity index (χ2n) is 6.06. The third-order valence-electron chi connectivity index (χ3n) is 4.29. The van der Waals surface area contributed by atoms with Gasteiger partial charge in [-0.1, -0.05) is 12.7 Å². The molecule has 1 fully saturated rings. The summed E-state index contributed by atoms with van der Waals surface area (Å²) in [5, 5.41) is -0.475. The van der Waals surface area contributed by atoms with Crippen LogP contribution in [-0.4, -0.2) is 11.8 Å². The first-order valence-corrected chi connectivity index (χ1v) is 8.32. The van der Waals surface area contributed by atoms with Gasteiger partial charge in [0.25, 0.3) is 5.24 Å². The molecular formula is C18H21ClO3. The Balaban J connectivity index is 1.92. The van der Waals surface area contributed by atoms with Crippen molar-refractivity contribution in [3.8, 4) is 0 Å². The quantitative estimate of drug-likeness (QED) is 0.424. The molecule has 2 aliphatic carbocycles. The maximum atomic E-state index is 11.8. The summed E-state index contributed by atoms with van der Waals surface area (Å²) in [5.41, 5.74) is 2.43. The average Bonchev–Trinajstić information content (AvgIpc) is 3.25. The van der Waals surface area contributed by atoms with Crippen molar-refractivity contribution in [1.82, 2.24) is 0 Å². The zero-order chi connectivity index (χ0) is 15.5. The van der Waals surface area contributed by atoms with E-state index in [9.17, 15) is 4.79 Å². The molecular weight excluding hydrogens is 300 g/mol. The molecule has 4 heteroatoms. The monoisotopic (exact) mass is 320 g/mol. The highest BCUT2D eigenvalue weighted by atomic mass is 35.5. The van der Waals surface area contributed by atoms with E-state index in [1.165, 1.54) is 12.8 Å². The van der Waals surface area contributed by atoms with Crippen molar-refractivity contribution in [1.29, 1.82) is 0 Å². The van der Waals surface area contributed by atoms with Crippen LogP contribution in [0.1, 0.15) is 48.3 Å². The number of ether oxygens (including phenoxy) is 1. The summed E-state index contributed by atoms with van der Waals surface area (Å²) >= 11 is 5.79. The first-order chi connectivity index (χ1) is 10.7. The number of carbonyl (C=O) groups excluding carboxylic acids is 1. The summed E-state index contributed by atoms with van der Waals surface area (Å²) < 4.78 is 11.8. The van der Waals surface area contributed by atoms with Crippen molar-refractivity contribution in [2.24, 2.45) is 5.92 Å². The van der Waals surface area contributed by atoms with E-state index in [2.05, 4.69) is 6.58 Å². The summed E-state index contributed by atoms with van der Waals surface area (Å²) in [4.78, 5) is 11.8. The van der Waals surface area contributed by atoms with Crippen molar-refractivity contribution >= 4 is 22.4 Å². The average molecular weight is 321 g/mol. The maximum absolute atomic E-state index is 11.8. The van der Waals surface area contributed by atoms with Gasteiger partial charge in [-0.05, 0) is 55.7 Å². The molecule has 0 amide bonds. The van der Waals surface area contributed by atoms with Gasteiger partial charge < -0.3 is 9.15 Å². The van der Waals surface area contributed by atoms with Crippen LogP contribution in [-0.2, 0) is 29.0 Å². The van der Waals surface area contributed by atoms with Crippen LogP contribution in [0.15, 0.2) is 23.1 Å². The first-order valence-electron chi connectivity index (χ1n) is 7.94. The molecule has 118 valence electrons. The Morgan fingerprint density at radius 2 is 2.14 bits per heavy atom. The lowest BCUT2D eigenvalue weighted by molar-refractivity contribution is -0.106. The van der Waals surface area contributed by atoms with Crippen molar-refractivity contribution in [3.63, 3.8) is 0 Å². The number of rotatable bonds is 7. The number of furan rings is 1.